The zero-order valence-corrected chi connectivity index (χ0v) is 17.9. The second-order valence-electron chi connectivity index (χ2n) is 7.46. The second-order valence-corrected chi connectivity index (χ2v) is 8.27. The Hall–Kier alpha value is -2.90. The van der Waals surface area contributed by atoms with E-state index in [2.05, 4.69) is 5.32 Å². The number of hydrogen-bond donors (Lipinski definition) is 1. The van der Waals surface area contributed by atoms with Crippen LogP contribution in [0, 0.1) is 0 Å². The smallest absolute Gasteiger partial charge is 0.262 e. The Morgan fingerprint density at radius 2 is 1.65 bits per heavy atom. The molecule has 160 valence electrons. The van der Waals surface area contributed by atoms with E-state index in [0.29, 0.717) is 28.7 Å². The number of carbonyl (C=O) groups excluding carboxylic acids is 4. The van der Waals surface area contributed by atoms with E-state index in [0.717, 1.165) is 17.7 Å². The summed E-state index contributed by atoms with van der Waals surface area (Å²) in [6.07, 6.45) is 2.02. The third kappa shape index (κ3) is 4.16. The number of rotatable bonds is 4. The molecule has 9 heteroatoms. The molecule has 1 N–H and O–H groups in total. The van der Waals surface area contributed by atoms with Gasteiger partial charge in [0.2, 0.25) is 11.8 Å². The molecule has 2 aliphatic heterocycles. The molecule has 2 aliphatic rings. The van der Waals surface area contributed by atoms with Crippen LogP contribution in [0.4, 0.5) is 5.69 Å². The van der Waals surface area contributed by atoms with Crippen molar-refractivity contribution in [2.45, 2.75) is 25.3 Å². The summed E-state index contributed by atoms with van der Waals surface area (Å²) in [6, 6.07) is 10.5. The number of anilines is 1. The van der Waals surface area contributed by atoms with Gasteiger partial charge in [0.25, 0.3) is 11.8 Å². The molecule has 4 amide bonds. The van der Waals surface area contributed by atoms with E-state index in [4.69, 9.17) is 23.2 Å². The lowest BCUT2D eigenvalue weighted by Crippen LogP contribution is -2.53. The minimum atomic E-state index is -0.703. The quantitative estimate of drug-likeness (QED) is 0.707. The molecule has 0 spiro atoms. The van der Waals surface area contributed by atoms with Gasteiger partial charge in [-0.15, -0.1) is 0 Å². The van der Waals surface area contributed by atoms with Crippen LogP contribution in [0.1, 0.15) is 40.0 Å². The van der Waals surface area contributed by atoms with Gasteiger partial charge in [-0.2, -0.15) is 0 Å². The van der Waals surface area contributed by atoms with Gasteiger partial charge in [0.05, 0.1) is 21.2 Å². The van der Waals surface area contributed by atoms with Crippen molar-refractivity contribution in [3.8, 4) is 0 Å². The number of likely N-dealkylation sites (tertiary alicyclic amines) is 1. The number of imide groups is 1. The average Bonchev–Trinajstić information content (AvgIpc) is 3.01. The fraction of sp³-hybridized carbons (Fsp3) is 0.273. The van der Waals surface area contributed by atoms with E-state index in [1.54, 1.807) is 36.4 Å². The van der Waals surface area contributed by atoms with Crippen LogP contribution in [-0.2, 0) is 9.59 Å². The lowest BCUT2D eigenvalue weighted by Gasteiger charge is -2.35. The second kappa shape index (κ2) is 8.69. The first-order chi connectivity index (χ1) is 14.9. The van der Waals surface area contributed by atoms with Crippen molar-refractivity contribution in [2.75, 3.05) is 18.4 Å². The van der Waals surface area contributed by atoms with Crippen LogP contribution < -0.4 is 5.32 Å². The van der Waals surface area contributed by atoms with E-state index < -0.39 is 30.3 Å². The van der Waals surface area contributed by atoms with E-state index in [9.17, 15) is 19.2 Å². The molecular formula is C22H19Cl2N3O4. The summed E-state index contributed by atoms with van der Waals surface area (Å²) in [5, 5.41) is 3.44. The van der Waals surface area contributed by atoms with Crippen LogP contribution >= 0.6 is 23.2 Å². The van der Waals surface area contributed by atoms with Crippen molar-refractivity contribution in [1.29, 1.82) is 0 Å². The van der Waals surface area contributed by atoms with Crippen molar-refractivity contribution >= 4 is 52.5 Å². The lowest BCUT2D eigenvalue weighted by molar-refractivity contribution is -0.140. The maximum Gasteiger partial charge on any atom is 0.262 e. The molecule has 1 fully saturated rings. The van der Waals surface area contributed by atoms with Gasteiger partial charge in [-0.1, -0.05) is 35.3 Å². The Morgan fingerprint density at radius 1 is 0.968 bits per heavy atom. The predicted octanol–water partition coefficient (Wildman–Crippen LogP) is 3.61. The van der Waals surface area contributed by atoms with Gasteiger partial charge in [0, 0.05) is 12.2 Å². The molecule has 31 heavy (non-hydrogen) atoms. The molecule has 4 rings (SSSR count). The van der Waals surface area contributed by atoms with Crippen LogP contribution in [0.5, 0.6) is 0 Å². The summed E-state index contributed by atoms with van der Waals surface area (Å²) < 4.78 is 0. The molecule has 0 bridgehead atoms. The van der Waals surface area contributed by atoms with E-state index in [-0.39, 0.29) is 17.0 Å². The Balaban J connectivity index is 1.47. The van der Waals surface area contributed by atoms with Gasteiger partial charge >= 0.3 is 0 Å². The lowest BCUT2D eigenvalue weighted by atomic mass is 10.0. The highest BCUT2D eigenvalue weighted by Gasteiger charge is 2.39. The van der Waals surface area contributed by atoms with Gasteiger partial charge in [0.15, 0.2) is 0 Å². The SMILES string of the molecule is O=C(Nc1ccc(Cl)c(Cl)c1)C1CCCCN1C(=O)CN1C(=O)c2ccccc2C1=O. The van der Waals surface area contributed by atoms with Crippen LogP contribution in [-0.4, -0.2) is 52.6 Å². The fourth-order valence-corrected chi connectivity index (χ4v) is 4.21. The summed E-state index contributed by atoms with van der Waals surface area (Å²) in [7, 11) is 0. The number of amides is 4. The summed E-state index contributed by atoms with van der Waals surface area (Å²) in [5.41, 5.74) is 1.04. The molecule has 7 nitrogen and oxygen atoms in total. The molecule has 0 radical (unpaired) electrons. The van der Waals surface area contributed by atoms with Gasteiger partial charge < -0.3 is 10.2 Å². The summed E-state index contributed by atoms with van der Waals surface area (Å²) in [4.78, 5) is 53.4. The van der Waals surface area contributed by atoms with Crippen LogP contribution in [0.15, 0.2) is 42.5 Å². The Kier molecular flexibility index (Phi) is 5.98. The van der Waals surface area contributed by atoms with Crippen molar-refractivity contribution in [1.82, 2.24) is 9.80 Å². The molecule has 2 heterocycles. The third-order valence-corrected chi connectivity index (χ3v) is 6.22. The van der Waals surface area contributed by atoms with Gasteiger partial charge in [-0.3, -0.25) is 24.1 Å². The normalized spacial score (nSPS) is 18.2. The zero-order chi connectivity index (χ0) is 22.1. The first-order valence-corrected chi connectivity index (χ1v) is 10.6. The highest BCUT2D eigenvalue weighted by molar-refractivity contribution is 6.42. The fourth-order valence-electron chi connectivity index (χ4n) is 3.91. The zero-order valence-electron chi connectivity index (χ0n) is 16.4. The molecule has 2 aromatic rings. The Morgan fingerprint density at radius 3 is 2.29 bits per heavy atom. The Bertz CT molecular complexity index is 1050. The minimum Gasteiger partial charge on any atom is -0.329 e. The third-order valence-electron chi connectivity index (χ3n) is 5.48. The highest BCUT2D eigenvalue weighted by atomic mass is 35.5. The monoisotopic (exact) mass is 459 g/mol. The highest BCUT2D eigenvalue weighted by Crippen LogP contribution is 2.27. The molecule has 1 unspecified atom stereocenters. The van der Waals surface area contributed by atoms with E-state index in [1.165, 1.54) is 11.0 Å². The molecule has 1 saturated heterocycles. The number of nitrogens with one attached hydrogen (secondary N) is 1. The number of halogens is 2. The van der Waals surface area contributed by atoms with Gasteiger partial charge in [-0.05, 0) is 49.6 Å². The van der Waals surface area contributed by atoms with E-state index >= 15 is 0 Å². The van der Waals surface area contributed by atoms with Crippen molar-refractivity contribution in [2.24, 2.45) is 0 Å². The van der Waals surface area contributed by atoms with Gasteiger partial charge in [0.1, 0.15) is 12.6 Å². The molecular weight excluding hydrogens is 441 g/mol. The van der Waals surface area contributed by atoms with Gasteiger partial charge in [-0.25, -0.2) is 0 Å². The van der Waals surface area contributed by atoms with Crippen molar-refractivity contribution in [3.63, 3.8) is 0 Å². The van der Waals surface area contributed by atoms with Crippen LogP contribution in [0.3, 0.4) is 0 Å². The standard InChI is InChI=1S/C22H19Cl2N3O4/c23-16-9-8-13(11-17(16)24)25-20(29)18-7-3-4-10-26(18)19(28)12-27-21(30)14-5-1-2-6-15(14)22(27)31/h1-2,5-6,8-9,11,18H,3-4,7,10,12H2,(H,25,29). The summed E-state index contributed by atoms with van der Waals surface area (Å²) in [5.74, 6) is -1.79. The number of nitrogens with zero attached hydrogens (tertiary/aromatic N) is 2. The maximum absolute atomic E-state index is 13.0. The minimum absolute atomic E-state index is 0.285. The summed E-state index contributed by atoms with van der Waals surface area (Å²) >= 11 is 11.9. The summed E-state index contributed by atoms with van der Waals surface area (Å²) in [6.45, 7) is -0.0234. The first-order valence-electron chi connectivity index (χ1n) is 9.87. The van der Waals surface area contributed by atoms with Crippen LogP contribution in [0.2, 0.25) is 10.0 Å². The molecule has 0 aliphatic carbocycles. The maximum atomic E-state index is 13.0. The predicted molar refractivity (Wildman–Crippen MR) is 116 cm³/mol. The molecule has 2 aromatic carbocycles. The van der Waals surface area contributed by atoms with Crippen molar-refractivity contribution < 1.29 is 19.2 Å². The van der Waals surface area contributed by atoms with Crippen LogP contribution in [0.25, 0.3) is 0 Å². The molecule has 0 saturated carbocycles. The van der Waals surface area contributed by atoms with Crippen molar-refractivity contribution in [3.05, 3.63) is 63.6 Å². The molecule has 0 aromatic heterocycles. The number of hydrogen-bond acceptors (Lipinski definition) is 4. The number of carbonyl (C=O) groups is 4. The first kappa shape index (κ1) is 21.3. The van der Waals surface area contributed by atoms with E-state index in [1.807, 2.05) is 0 Å². The molecule has 1 atom stereocenters. The Labute approximate surface area is 188 Å². The number of benzene rings is 2. The average molecular weight is 460 g/mol. The largest absolute Gasteiger partial charge is 0.329 e. The number of fused-ring (bicyclic) bond motifs is 1. The number of piperidine rings is 1. The topological polar surface area (TPSA) is 86.8 Å².